The molecule has 0 aromatic rings. The van der Waals surface area contributed by atoms with E-state index in [9.17, 15) is 14.7 Å². The molecule has 0 radical (unpaired) electrons. The average molecular weight is 401 g/mol. The van der Waals surface area contributed by atoms with Gasteiger partial charge in [0.25, 0.3) is 0 Å². The van der Waals surface area contributed by atoms with E-state index >= 15 is 0 Å². The van der Waals surface area contributed by atoms with Crippen LogP contribution in [0.15, 0.2) is 11.6 Å². The van der Waals surface area contributed by atoms with Gasteiger partial charge in [-0.2, -0.15) is 0 Å². The number of epoxide rings is 1. The number of ketones is 1. The fourth-order valence-corrected chi connectivity index (χ4v) is 8.75. The molecule has 9 atom stereocenters. The van der Waals surface area contributed by atoms with Crippen molar-refractivity contribution in [3.05, 3.63) is 11.6 Å². The van der Waals surface area contributed by atoms with Crippen molar-refractivity contribution in [2.45, 2.75) is 82.5 Å². The van der Waals surface area contributed by atoms with Gasteiger partial charge in [0.05, 0.1) is 18.8 Å². The summed E-state index contributed by atoms with van der Waals surface area (Å²) >= 11 is 0. The summed E-state index contributed by atoms with van der Waals surface area (Å²) in [5.74, 6) is 2.07. The summed E-state index contributed by atoms with van der Waals surface area (Å²) < 4.78 is 11.5. The first-order valence-electron chi connectivity index (χ1n) is 11.4. The Kier molecular flexibility index (Phi) is 3.42. The third kappa shape index (κ3) is 2.00. The molecule has 5 fully saturated rings. The third-order valence-electron chi connectivity index (χ3n) is 10.4. The summed E-state index contributed by atoms with van der Waals surface area (Å²) in [5, 5.41) is 11.7. The fraction of sp³-hybridized carbons (Fsp3) is 0.833. The molecule has 158 valence electrons. The molecule has 5 nitrogen and oxygen atoms in total. The third-order valence-corrected chi connectivity index (χ3v) is 10.4. The minimum atomic E-state index is -0.825. The summed E-state index contributed by atoms with van der Waals surface area (Å²) in [6, 6.07) is 0. The number of hydrogen-bond acceptors (Lipinski definition) is 5. The molecule has 1 N–H and O–H groups in total. The van der Waals surface area contributed by atoms with Crippen molar-refractivity contribution in [2.75, 3.05) is 7.11 Å². The molecule has 5 heteroatoms. The van der Waals surface area contributed by atoms with Crippen molar-refractivity contribution in [1.82, 2.24) is 0 Å². The molecule has 4 saturated carbocycles. The molecule has 0 amide bonds. The van der Waals surface area contributed by atoms with Crippen LogP contribution in [0, 0.1) is 34.5 Å². The van der Waals surface area contributed by atoms with E-state index in [4.69, 9.17) is 9.47 Å². The smallest absolute Gasteiger partial charge is 0.305 e. The van der Waals surface area contributed by atoms with E-state index in [2.05, 4.69) is 13.8 Å². The molecule has 4 unspecified atom stereocenters. The fourth-order valence-electron chi connectivity index (χ4n) is 8.75. The highest BCUT2D eigenvalue weighted by Crippen LogP contribution is 2.82. The normalized spacial score (nSPS) is 56.2. The van der Waals surface area contributed by atoms with Crippen molar-refractivity contribution >= 4 is 11.8 Å². The highest BCUT2D eigenvalue weighted by atomic mass is 16.6. The highest BCUT2D eigenvalue weighted by molar-refractivity contribution is 5.92. The second-order valence-corrected chi connectivity index (χ2v) is 11.2. The minimum absolute atomic E-state index is 0.0258. The average Bonchev–Trinajstić information content (AvgIpc) is 3.58. The lowest BCUT2D eigenvalue weighted by atomic mass is 9.46. The Hall–Kier alpha value is -1.20. The molecule has 6 aliphatic rings. The number of ether oxygens (including phenoxy) is 2. The van der Waals surface area contributed by atoms with Crippen molar-refractivity contribution in [3.8, 4) is 0 Å². The maximum absolute atomic E-state index is 12.2. The van der Waals surface area contributed by atoms with E-state index in [1.165, 1.54) is 19.1 Å². The van der Waals surface area contributed by atoms with Gasteiger partial charge in [0.1, 0.15) is 5.60 Å². The Morgan fingerprint density at radius 3 is 2.90 bits per heavy atom. The second kappa shape index (κ2) is 5.34. The first-order chi connectivity index (χ1) is 13.7. The van der Waals surface area contributed by atoms with Crippen LogP contribution in [-0.2, 0) is 19.1 Å². The van der Waals surface area contributed by atoms with E-state index < -0.39 is 5.60 Å². The number of hydrogen-bond donors (Lipinski definition) is 1. The van der Waals surface area contributed by atoms with Gasteiger partial charge < -0.3 is 14.6 Å². The molecule has 6 rings (SSSR count). The zero-order chi connectivity index (χ0) is 20.4. The number of esters is 1. The predicted octanol–water partition coefficient (Wildman–Crippen LogP) is 3.19. The lowest BCUT2D eigenvalue weighted by Gasteiger charge is -2.56. The van der Waals surface area contributed by atoms with Gasteiger partial charge >= 0.3 is 5.97 Å². The van der Waals surface area contributed by atoms with E-state index in [1.807, 2.05) is 6.08 Å². The largest absolute Gasteiger partial charge is 0.469 e. The quantitative estimate of drug-likeness (QED) is 0.582. The van der Waals surface area contributed by atoms with Crippen molar-refractivity contribution in [2.24, 2.45) is 34.5 Å². The number of carbonyl (C=O) groups is 2. The Labute approximate surface area is 172 Å². The second-order valence-electron chi connectivity index (χ2n) is 11.2. The van der Waals surface area contributed by atoms with Crippen LogP contribution >= 0.6 is 0 Å². The van der Waals surface area contributed by atoms with Crippen molar-refractivity contribution in [3.63, 3.8) is 0 Å². The highest BCUT2D eigenvalue weighted by Gasteiger charge is 2.84. The van der Waals surface area contributed by atoms with Crippen LogP contribution in [0.5, 0.6) is 0 Å². The van der Waals surface area contributed by atoms with E-state index in [0.29, 0.717) is 36.5 Å². The monoisotopic (exact) mass is 400 g/mol. The minimum Gasteiger partial charge on any atom is -0.469 e. The SMILES string of the molecule is COC(=O)CC[C@]1(O)CCC2[C@@H]3C4CC4C4=CC(=O)CC[C@]4(C)[C@]34O[C@H]4CC21C. The summed E-state index contributed by atoms with van der Waals surface area (Å²) in [6.45, 7) is 4.61. The molecular formula is C24H32O5. The predicted molar refractivity (Wildman–Crippen MR) is 105 cm³/mol. The van der Waals surface area contributed by atoms with Crippen LogP contribution in [0.25, 0.3) is 0 Å². The zero-order valence-electron chi connectivity index (χ0n) is 17.7. The molecule has 0 aromatic carbocycles. The molecule has 1 saturated heterocycles. The molecule has 0 bridgehead atoms. The molecule has 29 heavy (non-hydrogen) atoms. The summed E-state index contributed by atoms with van der Waals surface area (Å²) in [7, 11) is 1.41. The van der Waals surface area contributed by atoms with Crippen molar-refractivity contribution < 1.29 is 24.2 Å². The van der Waals surface area contributed by atoms with Gasteiger partial charge in [0.2, 0.25) is 0 Å². The molecule has 5 aliphatic carbocycles. The Bertz CT molecular complexity index is 848. The zero-order valence-corrected chi connectivity index (χ0v) is 17.7. The van der Waals surface area contributed by atoms with Crippen LogP contribution < -0.4 is 0 Å². The Balaban J connectivity index is 1.37. The maximum atomic E-state index is 12.2. The Morgan fingerprint density at radius 1 is 1.34 bits per heavy atom. The summed E-state index contributed by atoms with van der Waals surface area (Å²) in [5.41, 5.74) is 0.177. The number of fused-ring (bicyclic) bond motifs is 6. The first-order valence-corrected chi connectivity index (χ1v) is 11.4. The lowest BCUT2D eigenvalue weighted by molar-refractivity contribution is -0.147. The topological polar surface area (TPSA) is 76.1 Å². The molecule has 1 aliphatic heterocycles. The maximum Gasteiger partial charge on any atom is 0.305 e. The van der Waals surface area contributed by atoms with Crippen LogP contribution in [0.4, 0.5) is 0 Å². The van der Waals surface area contributed by atoms with E-state index in [-0.39, 0.29) is 40.7 Å². The van der Waals surface area contributed by atoms with E-state index in [0.717, 1.165) is 25.7 Å². The molecule has 0 aromatic heterocycles. The van der Waals surface area contributed by atoms with Gasteiger partial charge in [0.15, 0.2) is 5.78 Å². The number of carbonyl (C=O) groups excluding carboxylic acids is 2. The summed E-state index contributed by atoms with van der Waals surface area (Å²) in [4.78, 5) is 24.0. The van der Waals surface area contributed by atoms with Gasteiger partial charge in [-0.05, 0) is 68.3 Å². The Morgan fingerprint density at radius 2 is 2.14 bits per heavy atom. The standard InChI is InChI=1S/C24H32O5/c1-21-7-4-13(25)10-17(21)14-11-15(14)20-16-5-8-23(27,9-6-19(26)28-3)22(16,2)12-18-24(20,21)29-18/h10,14-16,18,20,27H,4-9,11-12H2,1-3H3/t14?,15?,16?,18-,20-,21-,22?,23+,24+/m0/s1. The van der Waals surface area contributed by atoms with Gasteiger partial charge in [-0.1, -0.05) is 19.4 Å². The number of methoxy groups -OCH3 is 1. The van der Waals surface area contributed by atoms with Crippen LogP contribution in [0.1, 0.15) is 65.2 Å². The molecular weight excluding hydrogens is 368 g/mol. The van der Waals surface area contributed by atoms with Crippen molar-refractivity contribution in [1.29, 1.82) is 0 Å². The molecule has 1 spiro atoms. The van der Waals surface area contributed by atoms with Gasteiger partial charge in [0, 0.05) is 23.7 Å². The van der Waals surface area contributed by atoms with Gasteiger partial charge in [-0.3, -0.25) is 9.59 Å². The lowest BCUT2D eigenvalue weighted by Crippen LogP contribution is -2.60. The van der Waals surface area contributed by atoms with Gasteiger partial charge in [-0.25, -0.2) is 0 Å². The van der Waals surface area contributed by atoms with E-state index in [1.54, 1.807) is 0 Å². The summed E-state index contributed by atoms with van der Waals surface area (Å²) in [6.07, 6.45) is 8.22. The van der Waals surface area contributed by atoms with Crippen LogP contribution in [0.2, 0.25) is 0 Å². The van der Waals surface area contributed by atoms with Gasteiger partial charge in [-0.15, -0.1) is 0 Å². The van der Waals surface area contributed by atoms with Crippen LogP contribution in [0.3, 0.4) is 0 Å². The molecule has 1 heterocycles. The number of rotatable bonds is 3. The number of aliphatic hydroxyl groups is 1. The first kappa shape index (κ1) is 18.6. The van der Waals surface area contributed by atoms with Crippen LogP contribution in [-0.4, -0.2) is 41.3 Å².